The molecule has 3 nitrogen and oxygen atoms in total. The number of allylic oxidation sites excluding steroid dienone is 10. The van der Waals surface area contributed by atoms with Gasteiger partial charge >= 0.3 is 0 Å². The quantitative estimate of drug-likeness (QED) is 0.148. The fraction of sp³-hybridized carbons (Fsp3) is 0.333. The predicted octanol–water partition coefficient (Wildman–Crippen LogP) is 7.88. The summed E-state index contributed by atoms with van der Waals surface area (Å²) in [4.78, 5) is 0. The zero-order valence-electron chi connectivity index (χ0n) is 20.6. The molecule has 4 heteroatoms. The molecule has 0 saturated carbocycles. The van der Waals surface area contributed by atoms with E-state index in [1.165, 1.54) is 6.08 Å². The van der Waals surface area contributed by atoms with Gasteiger partial charge < -0.3 is 0 Å². The SMILES string of the molecule is C=CCOS(=O)(=O)C1(CC=C)C(CC=C)=C(CC=C)C(CC=C)=C(CC=C)C1(CC=C)CC=C. The van der Waals surface area contributed by atoms with Crippen molar-refractivity contribution in [2.45, 2.75) is 49.7 Å². The normalized spacial score (nSPS) is 19.8. The summed E-state index contributed by atoms with van der Waals surface area (Å²) in [5.74, 6) is 0. The maximum absolute atomic E-state index is 14.3. The minimum atomic E-state index is -4.21. The molecular formula is C30H40O3S. The van der Waals surface area contributed by atoms with E-state index in [2.05, 4.69) is 52.6 Å². The topological polar surface area (TPSA) is 43.4 Å². The van der Waals surface area contributed by atoms with E-state index >= 15 is 0 Å². The molecule has 0 aromatic carbocycles. The molecule has 0 spiro atoms. The molecule has 1 atom stereocenters. The lowest BCUT2D eigenvalue weighted by atomic mass is 9.54. The van der Waals surface area contributed by atoms with E-state index in [0.29, 0.717) is 38.5 Å². The molecule has 1 rings (SSSR count). The molecule has 1 aliphatic carbocycles. The van der Waals surface area contributed by atoms with Crippen LogP contribution in [0.2, 0.25) is 0 Å². The van der Waals surface area contributed by atoms with Gasteiger partial charge in [0.25, 0.3) is 10.1 Å². The summed E-state index contributed by atoms with van der Waals surface area (Å²) in [6.45, 7) is 31.4. The Morgan fingerprint density at radius 3 is 1.44 bits per heavy atom. The third-order valence-corrected chi connectivity index (χ3v) is 8.61. The predicted molar refractivity (Wildman–Crippen MR) is 148 cm³/mol. The van der Waals surface area contributed by atoms with Crippen LogP contribution in [0.1, 0.15) is 44.9 Å². The standard InChI is InChI=1S/C30H40O3S/c1-9-17-25-26(18-10-2)28(20-12-4)30(23-15-7,34(31,32)33-24-16-8)29(21-13-5,22-14-6)27(25)19-11-3/h9-16H,1-8,17-24H2. The van der Waals surface area contributed by atoms with Gasteiger partial charge in [0.05, 0.1) is 6.61 Å². The Kier molecular flexibility index (Phi) is 11.4. The largest absolute Gasteiger partial charge is 0.278 e. The van der Waals surface area contributed by atoms with Crippen molar-refractivity contribution in [3.05, 3.63) is 124 Å². The van der Waals surface area contributed by atoms with Gasteiger partial charge in [0, 0.05) is 5.41 Å². The van der Waals surface area contributed by atoms with Gasteiger partial charge in [-0.3, -0.25) is 4.18 Å². The molecule has 0 heterocycles. The van der Waals surface area contributed by atoms with E-state index in [1.54, 1.807) is 30.4 Å². The Morgan fingerprint density at radius 2 is 1.03 bits per heavy atom. The van der Waals surface area contributed by atoms with Crippen molar-refractivity contribution < 1.29 is 12.6 Å². The molecule has 0 aliphatic heterocycles. The van der Waals surface area contributed by atoms with Gasteiger partial charge in [-0.05, 0) is 61.7 Å². The average Bonchev–Trinajstić information content (AvgIpc) is 2.80. The number of hydrogen-bond donors (Lipinski definition) is 0. The van der Waals surface area contributed by atoms with Crippen molar-refractivity contribution in [1.82, 2.24) is 0 Å². The van der Waals surface area contributed by atoms with E-state index in [-0.39, 0.29) is 13.0 Å². The Labute approximate surface area is 207 Å². The molecule has 0 aromatic heterocycles. The third-order valence-electron chi connectivity index (χ3n) is 6.51. The van der Waals surface area contributed by atoms with Crippen LogP contribution in [0.4, 0.5) is 0 Å². The van der Waals surface area contributed by atoms with Crippen molar-refractivity contribution in [3.63, 3.8) is 0 Å². The summed E-state index contributed by atoms with van der Waals surface area (Å²) in [7, 11) is -4.21. The summed E-state index contributed by atoms with van der Waals surface area (Å²) in [5.41, 5.74) is 2.82. The van der Waals surface area contributed by atoms with Gasteiger partial charge in [-0.1, -0.05) is 54.2 Å². The monoisotopic (exact) mass is 480 g/mol. The first-order valence-electron chi connectivity index (χ1n) is 11.5. The van der Waals surface area contributed by atoms with Gasteiger partial charge in [-0.15, -0.1) is 52.6 Å². The molecule has 0 fully saturated rings. The number of rotatable bonds is 18. The van der Waals surface area contributed by atoms with Crippen molar-refractivity contribution >= 4 is 10.1 Å². The molecule has 1 unspecified atom stereocenters. The lowest BCUT2D eigenvalue weighted by Gasteiger charge is -2.55. The maximum atomic E-state index is 14.3. The van der Waals surface area contributed by atoms with Crippen LogP contribution in [-0.2, 0) is 14.3 Å². The minimum Gasteiger partial charge on any atom is -0.265 e. The molecule has 0 amide bonds. The minimum absolute atomic E-state index is 0.127. The molecule has 184 valence electrons. The second-order valence-electron chi connectivity index (χ2n) is 8.30. The lowest BCUT2D eigenvalue weighted by molar-refractivity contribution is 0.223. The fourth-order valence-corrected chi connectivity index (χ4v) is 7.59. The van der Waals surface area contributed by atoms with Gasteiger partial charge in [0.2, 0.25) is 0 Å². The second kappa shape index (κ2) is 13.3. The molecule has 0 aromatic rings. The van der Waals surface area contributed by atoms with E-state index in [1.807, 2.05) is 12.2 Å². The Bertz CT molecular complexity index is 994. The first-order valence-corrected chi connectivity index (χ1v) is 12.9. The van der Waals surface area contributed by atoms with E-state index in [4.69, 9.17) is 4.18 Å². The number of hydrogen-bond acceptors (Lipinski definition) is 3. The van der Waals surface area contributed by atoms with Crippen LogP contribution in [-0.4, -0.2) is 19.8 Å². The first-order chi connectivity index (χ1) is 16.3. The van der Waals surface area contributed by atoms with Crippen molar-refractivity contribution in [2.24, 2.45) is 5.41 Å². The van der Waals surface area contributed by atoms with Gasteiger partial charge in [-0.25, -0.2) is 0 Å². The van der Waals surface area contributed by atoms with Crippen molar-refractivity contribution in [3.8, 4) is 0 Å². The van der Waals surface area contributed by atoms with E-state index in [0.717, 1.165) is 22.3 Å². The molecular weight excluding hydrogens is 440 g/mol. The van der Waals surface area contributed by atoms with Crippen LogP contribution < -0.4 is 0 Å². The summed E-state index contributed by atoms with van der Waals surface area (Å²) < 4.78 is 32.8. The van der Waals surface area contributed by atoms with E-state index < -0.39 is 20.3 Å². The van der Waals surface area contributed by atoms with Crippen LogP contribution in [0.5, 0.6) is 0 Å². The van der Waals surface area contributed by atoms with Gasteiger partial charge in [0.15, 0.2) is 0 Å². The van der Waals surface area contributed by atoms with Crippen LogP contribution in [0.15, 0.2) is 124 Å². The zero-order valence-corrected chi connectivity index (χ0v) is 21.4. The Morgan fingerprint density at radius 1 is 0.588 bits per heavy atom. The molecule has 1 aliphatic rings. The van der Waals surface area contributed by atoms with Crippen LogP contribution in [0.25, 0.3) is 0 Å². The molecule has 0 saturated heterocycles. The third kappa shape index (κ3) is 5.03. The molecule has 34 heavy (non-hydrogen) atoms. The summed E-state index contributed by atoms with van der Waals surface area (Å²) in [5, 5.41) is 0. The first kappa shape index (κ1) is 29.3. The Hall–Kier alpha value is -2.69. The lowest BCUT2D eigenvalue weighted by Crippen LogP contribution is -2.58. The van der Waals surface area contributed by atoms with Crippen molar-refractivity contribution in [2.75, 3.05) is 6.61 Å². The van der Waals surface area contributed by atoms with Crippen LogP contribution in [0, 0.1) is 5.41 Å². The Balaban J connectivity index is 4.57. The molecule has 0 radical (unpaired) electrons. The van der Waals surface area contributed by atoms with Gasteiger partial charge in [0.1, 0.15) is 4.75 Å². The summed E-state index contributed by atoms with van der Waals surface area (Å²) in [6, 6.07) is 0. The maximum Gasteiger partial charge on any atom is 0.278 e. The smallest absolute Gasteiger partial charge is 0.265 e. The molecule has 0 bridgehead atoms. The van der Waals surface area contributed by atoms with E-state index in [9.17, 15) is 8.42 Å². The average molecular weight is 481 g/mol. The highest BCUT2D eigenvalue weighted by Gasteiger charge is 2.64. The zero-order chi connectivity index (χ0) is 25.8. The summed E-state index contributed by atoms with van der Waals surface area (Å²) in [6.07, 6.45) is 16.8. The summed E-state index contributed by atoms with van der Waals surface area (Å²) >= 11 is 0. The fourth-order valence-electron chi connectivity index (χ4n) is 5.51. The van der Waals surface area contributed by atoms with Crippen LogP contribution >= 0.6 is 0 Å². The van der Waals surface area contributed by atoms with Crippen molar-refractivity contribution in [1.29, 1.82) is 0 Å². The van der Waals surface area contributed by atoms with Gasteiger partial charge in [-0.2, -0.15) is 8.42 Å². The highest BCUT2D eigenvalue weighted by Crippen LogP contribution is 2.63. The van der Waals surface area contributed by atoms with Crippen LogP contribution in [0.3, 0.4) is 0 Å². The highest BCUT2D eigenvalue weighted by atomic mass is 32.2. The molecule has 0 N–H and O–H groups in total. The second-order valence-corrected chi connectivity index (χ2v) is 10.1. The highest BCUT2D eigenvalue weighted by molar-refractivity contribution is 7.88.